The molecule has 1 N–H and O–H groups in total. The molecule has 0 bridgehead atoms. The first kappa shape index (κ1) is 21.3. The van der Waals surface area contributed by atoms with E-state index in [1.807, 2.05) is 30.3 Å². The first-order valence-electron chi connectivity index (χ1n) is 11.6. The molecule has 4 rings (SSSR count). The second-order valence-corrected chi connectivity index (χ2v) is 8.26. The van der Waals surface area contributed by atoms with Crippen molar-refractivity contribution in [2.45, 2.75) is 64.7 Å². The maximum absolute atomic E-state index is 12.5. The normalized spacial score (nSPS) is 11.5. The summed E-state index contributed by atoms with van der Waals surface area (Å²) in [6, 6.07) is 13.4. The van der Waals surface area contributed by atoms with E-state index in [-0.39, 0.29) is 5.97 Å². The van der Waals surface area contributed by atoms with Crippen molar-refractivity contribution in [3.05, 3.63) is 48.0 Å². The van der Waals surface area contributed by atoms with Crippen LogP contribution in [0.5, 0.6) is 0 Å². The van der Waals surface area contributed by atoms with Crippen molar-refractivity contribution in [2.24, 2.45) is 0 Å². The third kappa shape index (κ3) is 5.22. The number of para-hydroxylation sites is 1. The minimum Gasteiger partial charge on any atom is -0.462 e. The van der Waals surface area contributed by atoms with Gasteiger partial charge in [0.1, 0.15) is 5.52 Å². The monoisotopic (exact) mass is 417 g/mol. The molecule has 5 nitrogen and oxygen atoms in total. The summed E-state index contributed by atoms with van der Waals surface area (Å²) in [5.74, 6) is -0.290. The molecule has 0 radical (unpaired) electrons. The molecule has 31 heavy (non-hydrogen) atoms. The smallest absolute Gasteiger partial charge is 0.338 e. The second-order valence-electron chi connectivity index (χ2n) is 8.26. The molecule has 0 saturated carbocycles. The Morgan fingerprint density at radius 1 is 0.871 bits per heavy atom. The van der Waals surface area contributed by atoms with Crippen LogP contribution in [-0.4, -0.2) is 27.5 Å². The summed E-state index contributed by atoms with van der Waals surface area (Å²) in [6.07, 6.45) is 11.2. The van der Waals surface area contributed by atoms with Crippen molar-refractivity contribution in [3.8, 4) is 0 Å². The SMILES string of the molecule is CCCCCCCCCCCOC(=O)c1ccc2nc3[nH]c4ccccc4c3nc2c1. The van der Waals surface area contributed by atoms with Crippen LogP contribution in [0, 0.1) is 0 Å². The maximum atomic E-state index is 12.5. The minimum atomic E-state index is -0.290. The van der Waals surface area contributed by atoms with Gasteiger partial charge in [0.2, 0.25) is 0 Å². The Morgan fingerprint density at radius 2 is 1.61 bits per heavy atom. The lowest BCUT2D eigenvalue weighted by atomic mass is 10.1. The quantitative estimate of drug-likeness (QED) is 0.212. The zero-order valence-electron chi connectivity index (χ0n) is 18.3. The molecule has 5 heteroatoms. The molecule has 162 valence electrons. The summed E-state index contributed by atoms with van der Waals surface area (Å²) in [4.78, 5) is 25.2. The van der Waals surface area contributed by atoms with E-state index in [0.717, 1.165) is 40.4 Å². The third-order valence-corrected chi connectivity index (χ3v) is 5.82. The van der Waals surface area contributed by atoms with Crippen LogP contribution >= 0.6 is 0 Å². The summed E-state index contributed by atoms with van der Waals surface area (Å²) in [5, 5.41) is 1.03. The van der Waals surface area contributed by atoms with E-state index in [2.05, 4.69) is 16.9 Å². The van der Waals surface area contributed by atoms with Gasteiger partial charge in [0.25, 0.3) is 0 Å². The van der Waals surface area contributed by atoms with E-state index in [1.165, 1.54) is 44.9 Å². The molecule has 4 aromatic rings. The van der Waals surface area contributed by atoms with Gasteiger partial charge >= 0.3 is 5.97 Å². The highest BCUT2D eigenvalue weighted by atomic mass is 16.5. The molecule has 2 aromatic heterocycles. The van der Waals surface area contributed by atoms with Gasteiger partial charge < -0.3 is 9.72 Å². The number of H-pyrrole nitrogens is 1. The first-order valence-corrected chi connectivity index (χ1v) is 11.6. The maximum Gasteiger partial charge on any atom is 0.338 e. The number of nitrogens with zero attached hydrogens (tertiary/aromatic N) is 2. The fourth-order valence-electron chi connectivity index (χ4n) is 4.04. The Balaban J connectivity index is 1.31. The zero-order valence-corrected chi connectivity index (χ0v) is 18.3. The number of benzene rings is 2. The standard InChI is InChI=1S/C26H31N3O2/c1-2-3-4-5-6-7-8-9-12-17-31-26(30)19-15-16-22-23(18-19)27-24-20-13-10-11-14-21(20)28-25(24)29-22/h10-11,13-16,18H,2-9,12,17H2,1H3,(H,28,29). The Hall–Kier alpha value is -2.95. The van der Waals surface area contributed by atoms with Crippen LogP contribution in [0.2, 0.25) is 0 Å². The van der Waals surface area contributed by atoms with Crippen LogP contribution in [0.4, 0.5) is 0 Å². The van der Waals surface area contributed by atoms with Gasteiger partial charge in [-0.3, -0.25) is 0 Å². The molecule has 0 aliphatic rings. The number of aromatic nitrogens is 3. The summed E-state index contributed by atoms with van der Waals surface area (Å²) in [6.45, 7) is 2.72. The molecule has 0 spiro atoms. The van der Waals surface area contributed by atoms with Crippen molar-refractivity contribution in [2.75, 3.05) is 6.61 Å². The van der Waals surface area contributed by atoms with Crippen LogP contribution < -0.4 is 0 Å². The number of ether oxygens (including phenoxy) is 1. The highest BCUT2D eigenvalue weighted by molar-refractivity contribution is 6.06. The molecule has 0 unspecified atom stereocenters. The van der Waals surface area contributed by atoms with Crippen molar-refractivity contribution in [1.82, 2.24) is 15.0 Å². The Morgan fingerprint density at radius 3 is 2.42 bits per heavy atom. The lowest BCUT2D eigenvalue weighted by Crippen LogP contribution is -2.06. The molecule has 0 fully saturated rings. The van der Waals surface area contributed by atoms with Crippen molar-refractivity contribution in [1.29, 1.82) is 0 Å². The minimum absolute atomic E-state index is 0.290. The van der Waals surface area contributed by atoms with Gasteiger partial charge in [-0.1, -0.05) is 76.5 Å². The predicted molar refractivity (Wildman–Crippen MR) is 126 cm³/mol. The fraction of sp³-hybridized carbons (Fsp3) is 0.423. The number of hydrogen-bond acceptors (Lipinski definition) is 4. The molecule has 2 aromatic carbocycles. The predicted octanol–water partition coefficient (Wildman–Crippen LogP) is 6.95. The zero-order chi connectivity index (χ0) is 21.5. The van der Waals surface area contributed by atoms with Gasteiger partial charge in [-0.15, -0.1) is 0 Å². The highest BCUT2D eigenvalue weighted by Gasteiger charge is 2.12. The van der Waals surface area contributed by atoms with Gasteiger partial charge in [0.15, 0.2) is 5.65 Å². The number of aromatic amines is 1. The van der Waals surface area contributed by atoms with E-state index in [1.54, 1.807) is 12.1 Å². The van der Waals surface area contributed by atoms with Crippen LogP contribution in [0.3, 0.4) is 0 Å². The van der Waals surface area contributed by atoms with Crippen LogP contribution in [0.25, 0.3) is 33.1 Å². The van der Waals surface area contributed by atoms with Crippen molar-refractivity contribution < 1.29 is 9.53 Å². The number of hydrogen-bond donors (Lipinski definition) is 1. The first-order chi connectivity index (χ1) is 15.3. The fourth-order valence-corrected chi connectivity index (χ4v) is 4.04. The number of rotatable bonds is 11. The molecule has 0 aliphatic heterocycles. The summed E-state index contributed by atoms with van der Waals surface area (Å²) >= 11 is 0. The molecule has 0 atom stereocenters. The van der Waals surface area contributed by atoms with Crippen molar-refractivity contribution in [3.63, 3.8) is 0 Å². The molecule has 0 aliphatic carbocycles. The average molecular weight is 418 g/mol. The van der Waals surface area contributed by atoms with Crippen LogP contribution in [0.15, 0.2) is 42.5 Å². The number of fused-ring (bicyclic) bond motifs is 4. The number of esters is 1. The average Bonchev–Trinajstić information content (AvgIpc) is 3.15. The van der Waals surface area contributed by atoms with Gasteiger partial charge in [0.05, 0.1) is 23.2 Å². The second kappa shape index (κ2) is 10.4. The van der Waals surface area contributed by atoms with Gasteiger partial charge in [-0.05, 0) is 30.7 Å². The Kier molecular flexibility index (Phi) is 7.13. The lowest BCUT2D eigenvalue weighted by molar-refractivity contribution is 0.0498. The molecule has 2 heterocycles. The number of unbranched alkanes of at least 4 members (excludes halogenated alkanes) is 8. The molecule has 0 amide bonds. The third-order valence-electron chi connectivity index (χ3n) is 5.82. The van der Waals surface area contributed by atoms with E-state index < -0.39 is 0 Å². The van der Waals surface area contributed by atoms with E-state index in [0.29, 0.717) is 17.7 Å². The Labute approximate surface area is 183 Å². The van der Waals surface area contributed by atoms with Crippen LogP contribution in [-0.2, 0) is 4.74 Å². The molecular formula is C26H31N3O2. The van der Waals surface area contributed by atoms with E-state index in [4.69, 9.17) is 9.72 Å². The number of carbonyl (C=O) groups is 1. The summed E-state index contributed by atoms with van der Waals surface area (Å²) in [7, 11) is 0. The lowest BCUT2D eigenvalue weighted by Gasteiger charge is -2.06. The highest BCUT2D eigenvalue weighted by Crippen LogP contribution is 2.25. The van der Waals surface area contributed by atoms with Crippen LogP contribution in [0.1, 0.15) is 75.1 Å². The summed E-state index contributed by atoms with van der Waals surface area (Å²) < 4.78 is 5.49. The molecular weight excluding hydrogens is 386 g/mol. The Bertz CT molecular complexity index is 1170. The number of nitrogens with one attached hydrogen (secondary N) is 1. The van der Waals surface area contributed by atoms with Gasteiger partial charge in [0, 0.05) is 10.9 Å². The largest absolute Gasteiger partial charge is 0.462 e. The molecule has 0 saturated heterocycles. The number of carbonyl (C=O) groups excluding carboxylic acids is 1. The van der Waals surface area contributed by atoms with Gasteiger partial charge in [-0.25, -0.2) is 14.8 Å². The van der Waals surface area contributed by atoms with E-state index in [9.17, 15) is 4.79 Å². The van der Waals surface area contributed by atoms with E-state index >= 15 is 0 Å². The topological polar surface area (TPSA) is 67.9 Å². The summed E-state index contributed by atoms with van der Waals surface area (Å²) in [5.41, 5.74) is 4.58. The van der Waals surface area contributed by atoms with Crippen molar-refractivity contribution >= 4 is 39.1 Å². The van der Waals surface area contributed by atoms with Gasteiger partial charge in [-0.2, -0.15) is 0 Å².